The van der Waals surface area contributed by atoms with E-state index in [1.54, 1.807) is 0 Å². The maximum absolute atomic E-state index is 13.3. The van der Waals surface area contributed by atoms with Crippen molar-refractivity contribution in [3.63, 3.8) is 0 Å². The summed E-state index contributed by atoms with van der Waals surface area (Å²) in [6.45, 7) is 6.34. The number of amides is 1. The van der Waals surface area contributed by atoms with Gasteiger partial charge in [-0.2, -0.15) is 10.2 Å². The summed E-state index contributed by atoms with van der Waals surface area (Å²) in [5.74, 6) is -0.0106. The molecule has 2 aromatic rings. The first-order valence-corrected chi connectivity index (χ1v) is 9.92. The predicted octanol–water partition coefficient (Wildman–Crippen LogP) is 6.09. The Bertz CT molecular complexity index is 982. The molecule has 2 bridgehead atoms. The maximum atomic E-state index is 13.3. The van der Waals surface area contributed by atoms with Crippen LogP contribution in [0.15, 0.2) is 70.0 Å². The smallest absolute Gasteiger partial charge is 0.231 e. The van der Waals surface area contributed by atoms with E-state index in [2.05, 4.69) is 41.5 Å². The van der Waals surface area contributed by atoms with E-state index in [0.717, 1.165) is 29.9 Å². The summed E-state index contributed by atoms with van der Waals surface area (Å²) in [4.78, 5) is 13.3. The van der Waals surface area contributed by atoms with E-state index in [-0.39, 0.29) is 16.7 Å². The summed E-state index contributed by atoms with van der Waals surface area (Å²) in [6, 6.07) is 16.9. The van der Waals surface area contributed by atoms with Crippen molar-refractivity contribution < 1.29 is 10.0 Å². The van der Waals surface area contributed by atoms with Crippen LogP contribution in [0.1, 0.15) is 40.0 Å². The van der Waals surface area contributed by atoms with Crippen molar-refractivity contribution in [1.82, 2.24) is 0 Å². The van der Waals surface area contributed by atoms with Crippen molar-refractivity contribution in [2.45, 2.75) is 40.0 Å². The molecule has 2 N–H and O–H groups in total. The van der Waals surface area contributed by atoms with Crippen LogP contribution < -0.4 is 5.32 Å². The van der Waals surface area contributed by atoms with E-state index >= 15 is 0 Å². The molecule has 4 rings (SSSR count). The molecule has 0 radical (unpaired) electrons. The minimum atomic E-state index is -0.561. The normalized spacial score (nSPS) is 28.9. The molecule has 150 valence electrons. The number of hydrogen-bond donors (Lipinski definition) is 2. The fraction of sp³-hybridized carbons (Fsp3) is 0.391. The topological polar surface area (TPSA) is 86.4 Å². The molecule has 6 nitrogen and oxygen atoms in total. The summed E-state index contributed by atoms with van der Waals surface area (Å²) < 4.78 is 0. The van der Waals surface area contributed by atoms with Gasteiger partial charge in [0.15, 0.2) is 0 Å². The third kappa shape index (κ3) is 2.85. The number of oxime groups is 1. The highest BCUT2D eigenvalue weighted by Gasteiger charge is 2.71. The Morgan fingerprint density at radius 2 is 1.55 bits per heavy atom. The van der Waals surface area contributed by atoms with Crippen LogP contribution >= 0.6 is 0 Å². The summed E-state index contributed by atoms with van der Waals surface area (Å²) >= 11 is 0. The lowest BCUT2D eigenvalue weighted by atomic mass is 9.64. The largest absolute Gasteiger partial charge is 0.411 e. The molecule has 6 heteroatoms. The number of benzene rings is 2. The maximum Gasteiger partial charge on any atom is 0.231 e. The van der Waals surface area contributed by atoms with Gasteiger partial charge in [-0.3, -0.25) is 4.79 Å². The number of azo groups is 1. The molecule has 1 amide bonds. The van der Waals surface area contributed by atoms with Gasteiger partial charge in [0.1, 0.15) is 0 Å². The lowest BCUT2D eigenvalue weighted by Crippen LogP contribution is -2.43. The number of anilines is 1. The number of nitrogens with zero attached hydrogens (tertiary/aromatic N) is 3. The Hall–Kier alpha value is -3.02. The number of carbonyl (C=O) groups is 1. The first-order chi connectivity index (χ1) is 13.8. The third-order valence-corrected chi connectivity index (χ3v) is 7.45. The number of carbonyl (C=O) groups excluding carboxylic acids is 1. The van der Waals surface area contributed by atoms with Gasteiger partial charge in [-0.25, -0.2) is 0 Å². The fourth-order valence-electron chi connectivity index (χ4n) is 5.01. The molecule has 2 fully saturated rings. The molecule has 2 aliphatic carbocycles. The molecule has 0 saturated heterocycles. The molecule has 2 saturated carbocycles. The molecule has 0 spiro atoms. The Balaban J connectivity index is 1.50. The summed E-state index contributed by atoms with van der Waals surface area (Å²) in [5.41, 5.74) is 1.88. The van der Waals surface area contributed by atoms with Crippen LogP contribution in [0.3, 0.4) is 0 Å². The summed E-state index contributed by atoms with van der Waals surface area (Å²) in [6.07, 6.45) is 2.15. The van der Waals surface area contributed by atoms with Crippen molar-refractivity contribution in [2.75, 3.05) is 5.32 Å². The van der Waals surface area contributed by atoms with E-state index in [1.165, 1.54) is 0 Å². The second kappa shape index (κ2) is 6.79. The van der Waals surface area contributed by atoms with Gasteiger partial charge in [0, 0.05) is 17.5 Å². The SMILES string of the molecule is CC12CCC(C(=O)Nc3ccc(N=Nc4ccccc4)cc3)(C/C1=N\O)C2(C)C. The van der Waals surface area contributed by atoms with Crippen molar-refractivity contribution in [2.24, 2.45) is 31.6 Å². The molecule has 0 aliphatic heterocycles. The third-order valence-electron chi connectivity index (χ3n) is 7.45. The van der Waals surface area contributed by atoms with Crippen LogP contribution in [0.2, 0.25) is 0 Å². The molecule has 0 heterocycles. The highest BCUT2D eigenvalue weighted by atomic mass is 16.4. The van der Waals surface area contributed by atoms with Crippen molar-refractivity contribution >= 4 is 28.7 Å². The van der Waals surface area contributed by atoms with Gasteiger partial charge in [-0.15, -0.1) is 0 Å². The van der Waals surface area contributed by atoms with Gasteiger partial charge in [0.25, 0.3) is 0 Å². The first-order valence-electron chi connectivity index (χ1n) is 9.92. The van der Waals surface area contributed by atoms with Crippen LogP contribution in [0.25, 0.3) is 0 Å². The van der Waals surface area contributed by atoms with Gasteiger partial charge in [0.2, 0.25) is 5.91 Å². The molecule has 2 aliphatic rings. The molecule has 29 heavy (non-hydrogen) atoms. The van der Waals surface area contributed by atoms with E-state index in [9.17, 15) is 10.0 Å². The second-order valence-electron chi connectivity index (χ2n) is 8.80. The number of rotatable bonds is 4. The van der Waals surface area contributed by atoms with Gasteiger partial charge < -0.3 is 10.5 Å². The van der Waals surface area contributed by atoms with Crippen LogP contribution in [0.5, 0.6) is 0 Å². The zero-order valence-electron chi connectivity index (χ0n) is 17.0. The molecule has 2 unspecified atom stereocenters. The van der Waals surface area contributed by atoms with Crippen molar-refractivity contribution in [1.29, 1.82) is 0 Å². The van der Waals surface area contributed by atoms with E-state index in [1.807, 2.05) is 54.6 Å². The summed E-state index contributed by atoms with van der Waals surface area (Å²) in [7, 11) is 0. The quantitative estimate of drug-likeness (QED) is 0.376. The number of nitrogens with one attached hydrogen (secondary N) is 1. The van der Waals surface area contributed by atoms with E-state index < -0.39 is 5.41 Å². The Kier molecular flexibility index (Phi) is 4.52. The van der Waals surface area contributed by atoms with E-state index in [4.69, 9.17) is 0 Å². The average Bonchev–Trinajstić information content (AvgIpc) is 3.04. The molecule has 0 aromatic heterocycles. The highest BCUT2D eigenvalue weighted by molar-refractivity contribution is 6.06. The van der Waals surface area contributed by atoms with Crippen LogP contribution in [-0.2, 0) is 4.79 Å². The lowest BCUT2D eigenvalue weighted by Gasteiger charge is -2.39. The fourth-order valence-corrected chi connectivity index (χ4v) is 5.01. The average molecular weight is 390 g/mol. The van der Waals surface area contributed by atoms with Gasteiger partial charge in [-0.05, 0) is 54.7 Å². The van der Waals surface area contributed by atoms with Crippen molar-refractivity contribution in [3.8, 4) is 0 Å². The molecular formula is C23H26N4O2. The number of fused-ring (bicyclic) bond motifs is 2. The molecule has 2 aromatic carbocycles. The monoisotopic (exact) mass is 390 g/mol. The molecular weight excluding hydrogens is 364 g/mol. The summed E-state index contributed by atoms with van der Waals surface area (Å²) in [5, 5.41) is 24.5. The standard InChI is InChI=1S/C23H26N4O2/c1-21(2)22(3)13-14-23(21,15-19(22)27-29)20(28)24-16-9-11-18(12-10-16)26-25-17-7-5-4-6-8-17/h4-12,29H,13-15H2,1-3H3,(H,24,28)/b26-25?,27-19+. The zero-order chi connectivity index (χ0) is 20.7. The number of hydrogen-bond acceptors (Lipinski definition) is 5. The minimum Gasteiger partial charge on any atom is -0.411 e. The van der Waals surface area contributed by atoms with Gasteiger partial charge in [0.05, 0.1) is 22.5 Å². The highest BCUT2D eigenvalue weighted by Crippen LogP contribution is 2.71. The molecule has 2 atom stereocenters. The van der Waals surface area contributed by atoms with E-state index in [0.29, 0.717) is 12.1 Å². The minimum absolute atomic E-state index is 0.0106. The van der Waals surface area contributed by atoms with Gasteiger partial charge >= 0.3 is 0 Å². The lowest BCUT2D eigenvalue weighted by molar-refractivity contribution is -0.130. The van der Waals surface area contributed by atoms with Crippen LogP contribution in [-0.4, -0.2) is 16.8 Å². The second-order valence-corrected chi connectivity index (χ2v) is 8.80. The predicted molar refractivity (Wildman–Crippen MR) is 113 cm³/mol. The van der Waals surface area contributed by atoms with Crippen molar-refractivity contribution in [3.05, 3.63) is 54.6 Å². The van der Waals surface area contributed by atoms with Gasteiger partial charge in [-0.1, -0.05) is 44.1 Å². The van der Waals surface area contributed by atoms with Crippen LogP contribution in [0.4, 0.5) is 17.1 Å². The zero-order valence-corrected chi connectivity index (χ0v) is 17.0. The van der Waals surface area contributed by atoms with Crippen LogP contribution in [0, 0.1) is 16.2 Å². The first kappa shape index (κ1) is 19.3. The Labute approximate surface area is 170 Å². The Morgan fingerprint density at radius 3 is 2.14 bits per heavy atom. The Morgan fingerprint density at radius 1 is 0.931 bits per heavy atom.